The van der Waals surface area contributed by atoms with E-state index in [0.717, 1.165) is 13.2 Å². The fourth-order valence-corrected chi connectivity index (χ4v) is 1.40. The molecule has 122 valence electrons. The summed E-state index contributed by atoms with van der Waals surface area (Å²) in [4.78, 5) is 22.9. The Morgan fingerprint density at radius 3 is 2.50 bits per heavy atom. The number of esters is 1. The first kappa shape index (κ1) is 17.8. The maximum Gasteiger partial charge on any atom is 0.422 e. The first-order valence-corrected chi connectivity index (χ1v) is 6.12. The third-order valence-electron chi connectivity index (χ3n) is 2.47. The molecule has 0 aliphatic rings. The molecule has 1 rings (SSSR count). The first-order chi connectivity index (χ1) is 10.1. The fraction of sp³-hybridized carbons (Fsp3) is 0.385. The van der Waals surface area contributed by atoms with Crippen LogP contribution < -0.4 is 15.8 Å². The van der Waals surface area contributed by atoms with Crippen LogP contribution in [-0.4, -0.2) is 37.8 Å². The molecule has 1 amide bonds. The van der Waals surface area contributed by atoms with Crippen LogP contribution in [0.4, 0.5) is 18.9 Å². The number of hydrogen-bond acceptors (Lipinski definition) is 5. The third-order valence-corrected chi connectivity index (χ3v) is 2.47. The summed E-state index contributed by atoms with van der Waals surface area (Å²) < 4.78 is 45.9. The smallest absolute Gasteiger partial charge is 0.422 e. The van der Waals surface area contributed by atoms with Gasteiger partial charge in [0.15, 0.2) is 6.61 Å². The number of ether oxygens (including phenoxy) is 2. The lowest BCUT2D eigenvalue weighted by molar-refractivity contribution is -0.153. The lowest BCUT2D eigenvalue weighted by Crippen LogP contribution is -2.32. The third kappa shape index (κ3) is 5.24. The Kier molecular flexibility index (Phi) is 5.75. The standard InChI is InChI=1S/C13H15F3N2O4/c1-7(17)11(19)18-9-4-3-8(12(20)21-2)5-10(9)22-6-13(14,15)16/h3-5,7H,6,17H2,1-2H3,(H,18,19)/t7-/m0/s1. The van der Waals surface area contributed by atoms with Crippen molar-refractivity contribution in [1.82, 2.24) is 0 Å². The van der Waals surface area contributed by atoms with Gasteiger partial charge in [0.05, 0.1) is 24.4 Å². The summed E-state index contributed by atoms with van der Waals surface area (Å²) >= 11 is 0. The van der Waals surface area contributed by atoms with E-state index in [4.69, 9.17) is 5.73 Å². The molecule has 0 aliphatic carbocycles. The van der Waals surface area contributed by atoms with E-state index in [1.807, 2.05) is 0 Å². The molecule has 9 heteroatoms. The zero-order valence-corrected chi connectivity index (χ0v) is 11.9. The van der Waals surface area contributed by atoms with Crippen molar-refractivity contribution in [1.29, 1.82) is 0 Å². The number of halogens is 3. The van der Waals surface area contributed by atoms with E-state index in [1.54, 1.807) is 0 Å². The van der Waals surface area contributed by atoms with Crippen LogP contribution in [0.3, 0.4) is 0 Å². The van der Waals surface area contributed by atoms with Gasteiger partial charge in [-0.2, -0.15) is 13.2 Å². The van der Waals surface area contributed by atoms with Gasteiger partial charge in [0, 0.05) is 0 Å². The molecule has 0 aliphatic heterocycles. The maximum absolute atomic E-state index is 12.3. The van der Waals surface area contributed by atoms with Crippen LogP contribution in [0.2, 0.25) is 0 Å². The monoisotopic (exact) mass is 320 g/mol. The van der Waals surface area contributed by atoms with Crippen molar-refractivity contribution in [3.05, 3.63) is 23.8 Å². The summed E-state index contributed by atoms with van der Waals surface area (Å²) in [5, 5.41) is 2.32. The Morgan fingerprint density at radius 2 is 2.00 bits per heavy atom. The maximum atomic E-state index is 12.3. The van der Waals surface area contributed by atoms with Crippen molar-refractivity contribution in [2.45, 2.75) is 19.1 Å². The number of hydrogen-bond donors (Lipinski definition) is 2. The van der Waals surface area contributed by atoms with Gasteiger partial charge in [-0.05, 0) is 25.1 Å². The van der Waals surface area contributed by atoms with Gasteiger partial charge in [0.25, 0.3) is 0 Å². The largest absolute Gasteiger partial charge is 0.482 e. The molecule has 1 atom stereocenters. The van der Waals surface area contributed by atoms with E-state index in [9.17, 15) is 22.8 Å². The van der Waals surface area contributed by atoms with Crippen molar-refractivity contribution in [3.8, 4) is 5.75 Å². The summed E-state index contributed by atoms with van der Waals surface area (Å²) in [5.41, 5.74) is 5.33. The van der Waals surface area contributed by atoms with Gasteiger partial charge >= 0.3 is 12.1 Å². The highest BCUT2D eigenvalue weighted by molar-refractivity contribution is 5.97. The molecule has 0 saturated carbocycles. The molecule has 1 aromatic rings. The number of benzene rings is 1. The number of nitrogens with two attached hydrogens (primary N) is 1. The van der Waals surface area contributed by atoms with Crippen molar-refractivity contribution in [2.24, 2.45) is 5.73 Å². The number of carbonyl (C=O) groups excluding carboxylic acids is 2. The van der Waals surface area contributed by atoms with E-state index in [-0.39, 0.29) is 17.0 Å². The highest BCUT2D eigenvalue weighted by Crippen LogP contribution is 2.28. The van der Waals surface area contributed by atoms with Gasteiger partial charge in [-0.15, -0.1) is 0 Å². The average molecular weight is 320 g/mol. The molecular weight excluding hydrogens is 305 g/mol. The van der Waals surface area contributed by atoms with E-state index >= 15 is 0 Å². The molecule has 0 saturated heterocycles. The molecule has 6 nitrogen and oxygen atoms in total. The highest BCUT2D eigenvalue weighted by atomic mass is 19.4. The minimum absolute atomic E-state index is 0.0153. The van der Waals surface area contributed by atoms with Crippen molar-refractivity contribution in [3.63, 3.8) is 0 Å². The Bertz CT molecular complexity index is 559. The van der Waals surface area contributed by atoms with Crippen LogP contribution in [0.1, 0.15) is 17.3 Å². The second-order valence-corrected chi connectivity index (χ2v) is 4.38. The lowest BCUT2D eigenvalue weighted by Gasteiger charge is -2.15. The fourth-order valence-electron chi connectivity index (χ4n) is 1.40. The highest BCUT2D eigenvalue weighted by Gasteiger charge is 2.29. The number of methoxy groups -OCH3 is 1. The zero-order valence-electron chi connectivity index (χ0n) is 11.9. The zero-order chi connectivity index (χ0) is 16.9. The van der Waals surface area contributed by atoms with Gasteiger partial charge in [0.1, 0.15) is 5.75 Å². The Balaban J connectivity index is 3.08. The topological polar surface area (TPSA) is 90.7 Å². The number of nitrogens with one attached hydrogen (secondary N) is 1. The molecule has 0 fully saturated rings. The SMILES string of the molecule is COC(=O)c1ccc(NC(=O)[C@H](C)N)c(OCC(F)(F)F)c1. The van der Waals surface area contributed by atoms with Crippen molar-refractivity contribution in [2.75, 3.05) is 19.0 Å². The second-order valence-electron chi connectivity index (χ2n) is 4.38. The number of amides is 1. The number of carbonyl (C=O) groups is 2. The van der Waals surface area contributed by atoms with Gasteiger partial charge in [-0.1, -0.05) is 0 Å². The summed E-state index contributed by atoms with van der Waals surface area (Å²) in [6, 6.07) is 2.70. The van der Waals surface area contributed by atoms with E-state index in [2.05, 4.69) is 14.8 Å². The summed E-state index contributed by atoms with van der Waals surface area (Å²) in [7, 11) is 1.13. The van der Waals surface area contributed by atoms with Gasteiger partial charge in [-0.3, -0.25) is 4.79 Å². The van der Waals surface area contributed by atoms with Crippen LogP contribution in [-0.2, 0) is 9.53 Å². The second kappa shape index (κ2) is 7.12. The minimum atomic E-state index is -4.57. The predicted molar refractivity (Wildman–Crippen MR) is 71.6 cm³/mol. The van der Waals surface area contributed by atoms with Crippen molar-refractivity contribution < 1.29 is 32.2 Å². The first-order valence-electron chi connectivity index (χ1n) is 6.12. The van der Waals surface area contributed by atoms with Crippen LogP contribution in [0, 0.1) is 0 Å². The minimum Gasteiger partial charge on any atom is -0.482 e. The number of rotatable bonds is 5. The molecule has 0 unspecified atom stereocenters. The molecule has 0 heterocycles. The van der Waals surface area contributed by atoms with E-state index < -0.39 is 30.7 Å². The quantitative estimate of drug-likeness (QED) is 0.806. The number of alkyl halides is 3. The molecule has 22 heavy (non-hydrogen) atoms. The molecular formula is C13H15F3N2O4. The van der Waals surface area contributed by atoms with Crippen molar-refractivity contribution >= 4 is 17.6 Å². The summed E-state index contributed by atoms with van der Waals surface area (Å²) in [6.07, 6.45) is -4.57. The Morgan fingerprint density at radius 1 is 1.36 bits per heavy atom. The molecule has 3 N–H and O–H groups in total. The molecule has 0 aromatic heterocycles. The van der Waals surface area contributed by atoms with Gasteiger partial charge < -0.3 is 20.5 Å². The van der Waals surface area contributed by atoms with Crippen LogP contribution in [0.15, 0.2) is 18.2 Å². The summed E-state index contributed by atoms with van der Waals surface area (Å²) in [5.74, 6) is -1.67. The number of anilines is 1. The van der Waals surface area contributed by atoms with E-state index in [1.165, 1.54) is 19.1 Å². The molecule has 1 aromatic carbocycles. The van der Waals surface area contributed by atoms with Crippen LogP contribution in [0.5, 0.6) is 5.75 Å². The average Bonchev–Trinajstić information content (AvgIpc) is 2.44. The molecule has 0 spiro atoms. The van der Waals surface area contributed by atoms with E-state index in [0.29, 0.717) is 0 Å². The molecule has 0 radical (unpaired) electrons. The van der Waals surface area contributed by atoms with Crippen LogP contribution >= 0.6 is 0 Å². The molecule has 0 bridgehead atoms. The predicted octanol–water partition coefficient (Wildman–Crippen LogP) is 1.70. The Hall–Kier alpha value is -2.29. The van der Waals surface area contributed by atoms with Gasteiger partial charge in [-0.25, -0.2) is 4.79 Å². The lowest BCUT2D eigenvalue weighted by atomic mass is 10.2. The Labute approximate surface area is 124 Å². The van der Waals surface area contributed by atoms with Gasteiger partial charge in [0.2, 0.25) is 5.91 Å². The van der Waals surface area contributed by atoms with Crippen LogP contribution in [0.25, 0.3) is 0 Å². The normalized spacial score (nSPS) is 12.5. The summed E-state index contributed by atoms with van der Waals surface area (Å²) in [6.45, 7) is -0.160.